The quantitative estimate of drug-likeness (QED) is 0.643. The smallest absolute Gasteiger partial charge is 0.243 e. The monoisotopic (exact) mass is 408 g/mol. The van der Waals surface area contributed by atoms with E-state index in [9.17, 15) is 9.59 Å². The van der Waals surface area contributed by atoms with Crippen LogP contribution in [0.15, 0.2) is 42.5 Å². The van der Waals surface area contributed by atoms with Gasteiger partial charge >= 0.3 is 0 Å². The van der Waals surface area contributed by atoms with Crippen LogP contribution in [0, 0.1) is 20.8 Å². The van der Waals surface area contributed by atoms with Gasteiger partial charge in [0, 0.05) is 12.6 Å². The molecule has 0 heterocycles. The molecule has 0 spiro atoms. The van der Waals surface area contributed by atoms with Crippen LogP contribution in [-0.2, 0) is 22.6 Å². The van der Waals surface area contributed by atoms with E-state index >= 15 is 0 Å². The van der Waals surface area contributed by atoms with Gasteiger partial charge in [0.15, 0.2) is 0 Å². The lowest BCUT2D eigenvalue weighted by atomic mass is 10.0. The van der Waals surface area contributed by atoms with Crippen molar-refractivity contribution < 1.29 is 9.59 Å². The van der Waals surface area contributed by atoms with Crippen LogP contribution in [0.3, 0.4) is 0 Å². The van der Waals surface area contributed by atoms with Gasteiger partial charge < -0.3 is 10.2 Å². The van der Waals surface area contributed by atoms with Gasteiger partial charge in [-0.25, -0.2) is 0 Å². The van der Waals surface area contributed by atoms with Crippen LogP contribution in [0.2, 0.25) is 0 Å². The predicted octanol–water partition coefficient (Wildman–Crippen LogP) is 4.88. The fraction of sp³-hybridized carbons (Fsp3) is 0.462. The highest BCUT2D eigenvalue weighted by atomic mass is 16.2. The number of hydrogen-bond acceptors (Lipinski definition) is 2. The van der Waals surface area contributed by atoms with E-state index in [1.807, 2.05) is 65.8 Å². The van der Waals surface area contributed by atoms with Crippen molar-refractivity contribution in [3.63, 3.8) is 0 Å². The lowest BCUT2D eigenvalue weighted by molar-refractivity contribution is -0.141. The van der Waals surface area contributed by atoms with E-state index in [2.05, 4.69) is 23.5 Å². The second-order valence-electron chi connectivity index (χ2n) is 8.30. The molecule has 2 aromatic rings. The molecule has 0 saturated carbocycles. The van der Waals surface area contributed by atoms with E-state index in [4.69, 9.17) is 0 Å². The molecule has 30 heavy (non-hydrogen) atoms. The Morgan fingerprint density at radius 3 is 2.23 bits per heavy atom. The summed E-state index contributed by atoms with van der Waals surface area (Å²) in [4.78, 5) is 28.3. The topological polar surface area (TPSA) is 49.4 Å². The van der Waals surface area contributed by atoms with Crippen LogP contribution in [0.5, 0.6) is 0 Å². The Labute approximate surface area is 181 Å². The SMILES string of the molecule is CC[C@H](C)NC(=O)[C@H](CC)N(Cc1ccccc1C)C(=O)Cc1cc(C)ccc1C. The van der Waals surface area contributed by atoms with Gasteiger partial charge in [0.2, 0.25) is 11.8 Å². The van der Waals surface area contributed by atoms with E-state index in [0.717, 1.165) is 34.2 Å². The number of carbonyl (C=O) groups excluding carboxylic acids is 2. The Balaban J connectivity index is 2.35. The first-order valence-electron chi connectivity index (χ1n) is 11.0. The molecular weight excluding hydrogens is 372 g/mol. The summed E-state index contributed by atoms with van der Waals surface area (Å²) in [5.41, 5.74) is 5.45. The molecule has 4 nitrogen and oxygen atoms in total. The van der Waals surface area contributed by atoms with Gasteiger partial charge in [-0.2, -0.15) is 0 Å². The van der Waals surface area contributed by atoms with Gasteiger partial charge in [-0.15, -0.1) is 0 Å². The molecule has 2 amide bonds. The first-order chi connectivity index (χ1) is 14.3. The van der Waals surface area contributed by atoms with Gasteiger partial charge in [0.05, 0.1) is 6.42 Å². The number of amides is 2. The third-order valence-electron chi connectivity index (χ3n) is 5.84. The Hall–Kier alpha value is -2.62. The summed E-state index contributed by atoms with van der Waals surface area (Å²) in [5.74, 6) is -0.0900. The van der Waals surface area contributed by atoms with Crippen molar-refractivity contribution in [3.05, 3.63) is 70.3 Å². The molecule has 0 saturated heterocycles. The highest BCUT2D eigenvalue weighted by Crippen LogP contribution is 2.19. The van der Waals surface area contributed by atoms with Crippen molar-refractivity contribution in [3.8, 4) is 0 Å². The molecule has 0 aliphatic carbocycles. The van der Waals surface area contributed by atoms with Gasteiger partial charge in [0.1, 0.15) is 6.04 Å². The number of nitrogens with zero attached hydrogens (tertiary/aromatic N) is 1. The maximum absolute atomic E-state index is 13.5. The molecular formula is C26H36N2O2. The normalized spacial score (nSPS) is 12.9. The van der Waals surface area contributed by atoms with Crippen molar-refractivity contribution >= 4 is 11.8 Å². The summed E-state index contributed by atoms with van der Waals surface area (Å²) >= 11 is 0. The third-order valence-corrected chi connectivity index (χ3v) is 5.84. The van der Waals surface area contributed by atoms with Gasteiger partial charge in [-0.1, -0.05) is 61.9 Å². The molecule has 0 bridgehead atoms. The predicted molar refractivity (Wildman–Crippen MR) is 123 cm³/mol. The van der Waals surface area contributed by atoms with Gasteiger partial charge in [0.25, 0.3) is 0 Å². The van der Waals surface area contributed by atoms with Crippen molar-refractivity contribution in [1.82, 2.24) is 10.2 Å². The lowest BCUT2D eigenvalue weighted by Gasteiger charge is -2.32. The number of carbonyl (C=O) groups is 2. The van der Waals surface area contributed by atoms with Crippen molar-refractivity contribution in [2.24, 2.45) is 0 Å². The van der Waals surface area contributed by atoms with Gasteiger partial charge in [-0.05, 0) is 62.8 Å². The third kappa shape index (κ3) is 6.19. The van der Waals surface area contributed by atoms with Crippen LogP contribution in [-0.4, -0.2) is 28.8 Å². The van der Waals surface area contributed by atoms with Crippen LogP contribution >= 0.6 is 0 Å². The maximum atomic E-state index is 13.5. The Bertz CT molecular complexity index is 875. The Kier molecular flexibility index (Phi) is 8.64. The minimum Gasteiger partial charge on any atom is -0.352 e. The number of hydrogen-bond donors (Lipinski definition) is 1. The molecule has 0 unspecified atom stereocenters. The number of nitrogens with one attached hydrogen (secondary N) is 1. The molecule has 0 aliphatic rings. The average Bonchev–Trinajstić information content (AvgIpc) is 2.71. The zero-order valence-corrected chi connectivity index (χ0v) is 19.3. The average molecular weight is 409 g/mol. The summed E-state index contributed by atoms with van der Waals surface area (Å²) < 4.78 is 0. The molecule has 162 valence electrons. The zero-order valence-electron chi connectivity index (χ0n) is 19.3. The maximum Gasteiger partial charge on any atom is 0.243 e. The van der Waals surface area contributed by atoms with Crippen LogP contribution in [0.1, 0.15) is 61.4 Å². The van der Waals surface area contributed by atoms with Gasteiger partial charge in [-0.3, -0.25) is 9.59 Å². The summed E-state index contributed by atoms with van der Waals surface area (Å²) in [7, 11) is 0. The second-order valence-corrected chi connectivity index (χ2v) is 8.30. The van der Waals surface area contributed by atoms with E-state index in [0.29, 0.717) is 19.4 Å². The summed E-state index contributed by atoms with van der Waals surface area (Å²) in [5, 5.41) is 3.07. The van der Waals surface area contributed by atoms with E-state index in [1.54, 1.807) is 4.90 Å². The first-order valence-corrected chi connectivity index (χ1v) is 11.0. The Morgan fingerprint density at radius 1 is 0.933 bits per heavy atom. The van der Waals surface area contributed by atoms with Crippen molar-refractivity contribution in [2.75, 3.05) is 0 Å². The molecule has 0 aromatic heterocycles. The van der Waals surface area contributed by atoms with E-state index in [1.165, 1.54) is 0 Å². The Morgan fingerprint density at radius 2 is 1.60 bits per heavy atom. The molecule has 1 N–H and O–H groups in total. The van der Waals surface area contributed by atoms with Crippen LogP contribution < -0.4 is 5.32 Å². The van der Waals surface area contributed by atoms with E-state index in [-0.39, 0.29) is 17.9 Å². The molecule has 0 aliphatic heterocycles. The lowest BCUT2D eigenvalue weighted by Crippen LogP contribution is -2.51. The summed E-state index contributed by atoms with van der Waals surface area (Å²) in [6.45, 7) is 12.5. The molecule has 2 rings (SSSR count). The van der Waals surface area contributed by atoms with E-state index < -0.39 is 6.04 Å². The molecule has 0 fully saturated rings. The fourth-order valence-corrected chi connectivity index (χ4v) is 3.59. The molecule has 0 radical (unpaired) electrons. The number of aryl methyl sites for hydroxylation is 3. The minimum absolute atomic E-state index is 0.0156. The number of rotatable bonds is 9. The van der Waals surface area contributed by atoms with Crippen LogP contribution in [0.25, 0.3) is 0 Å². The minimum atomic E-state index is -0.490. The first kappa shape index (κ1) is 23.7. The number of benzene rings is 2. The molecule has 2 atom stereocenters. The summed E-state index contributed by atoms with van der Waals surface area (Å²) in [6.07, 6.45) is 1.73. The summed E-state index contributed by atoms with van der Waals surface area (Å²) in [6, 6.07) is 13.8. The zero-order chi connectivity index (χ0) is 22.3. The fourth-order valence-electron chi connectivity index (χ4n) is 3.59. The van der Waals surface area contributed by atoms with Crippen LogP contribution in [0.4, 0.5) is 0 Å². The molecule has 2 aromatic carbocycles. The second kappa shape index (κ2) is 11.0. The standard InChI is InChI=1S/C26H36N2O2/c1-7-21(6)27-26(30)24(8-2)28(17-22-12-10-9-11-19(22)4)25(29)16-23-15-18(3)13-14-20(23)5/h9-15,21,24H,7-8,16-17H2,1-6H3,(H,27,30)/t21-,24-/m0/s1. The highest BCUT2D eigenvalue weighted by molar-refractivity contribution is 5.88. The van der Waals surface area contributed by atoms with Crippen molar-refractivity contribution in [2.45, 2.75) is 79.4 Å². The largest absolute Gasteiger partial charge is 0.352 e. The molecule has 4 heteroatoms. The highest BCUT2D eigenvalue weighted by Gasteiger charge is 2.29. The van der Waals surface area contributed by atoms with Crippen molar-refractivity contribution in [1.29, 1.82) is 0 Å².